The van der Waals surface area contributed by atoms with Crippen LogP contribution in [-0.2, 0) is 16.4 Å². The van der Waals surface area contributed by atoms with Crippen LogP contribution in [0.5, 0.6) is 0 Å². The molecule has 20 heavy (non-hydrogen) atoms. The van der Waals surface area contributed by atoms with Crippen molar-refractivity contribution in [1.29, 1.82) is 0 Å². The maximum Gasteiger partial charge on any atom is 0.206 e. The molecular weight excluding hydrogens is 276 g/mol. The van der Waals surface area contributed by atoms with Crippen LogP contribution in [0.1, 0.15) is 19.4 Å². The lowest BCUT2D eigenvalue weighted by molar-refractivity contribution is 0.602. The van der Waals surface area contributed by atoms with Gasteiger partial charge in [0.1, 0.15) is 0 Å². The topological polar surface area (TPSA) is 96.6 Å². The fraction of sp³-hybridized carbons (Fsp3) is 0.462. The Balaban J connectivity index is 2.68. The zero-order valence-electron chi connectivity index (χ0n) is 12.1. The Morgan fingerprint density at radius 3 is 2.35 bits per heavy atom. The summed E-state index contributed by atoms with van der Waals surface area (Å²) in [4.78, 5) is 4.60. The summed E-state index contributed by atoms with van der Waals surface area (Å²) in [6.07, 6.45) is 1.19. The molecule has 0 unspecified atom stereocenters. The Morgan fingerprint density at radius 2 is 1.90 bits per heavy atom. The molecule has 0 bridgehead atoms. The molecule has 0 aliphatic rings. The lowest BCUT2D eigenvalue weighted by Gasteiger charge is -2.11. The van der Waals surface area contributed by atoms with Crippen molar-refractivity contribution < 1.29 is 8.42 Å². The van der Waals surface area contributed by atoms with Gasteiger partial charge < -0.3 is 5.32 Å². The summed E-state index contributed by atoms with van der Waals surface area (Å²) in [5.41, 5.74) is 3.42. The van der Waals surface area contributed by atoms with Crippen molar-refractivity contribution in [2.45, 2.75) is 25.3 Å². The van der Waals surface area contributed by atoms with Crippen molar-refractivity contribution in [3.8, 4) is 0 Å². The molecule has 1 aromatic carbocycles. The molecule has 0 fully saturated rings. The van der Waals surface area contributed by atoms with Gasteiger partial charge in [-0.2, -0.15) is 0 Å². The normalized spacial score (nSPS) is 12.6. The van der Waals surface area contributed by atoms with Gasteiger partial charge in [0, 0.05) is 12.8 Å². The van der Waals surface area contributed by atoms with E-state index in [4.69, 9.17) is 5.84 Å². The number of nitrogens with two attached hydrogens (primary N) is 1. The monoisotopic (exact) mass is 298 g/mol. The number of guanidine groups is 1. The molecule has 0 spiro atoms. The molecule has 0 aliphatic carbocycles. The summed E-state index contributed by atoms with van der Waals surface area (Å²) >= 11 is 0. The fourth-order valence-corrected chi connectivity index (χ4v) is 2.10. The average Bonchev–Trinajstić information content (AvgIpc) is 2.38. The van der Waals surface area contributed by atoms with Crippen LogP contribution in [0.4, 0.5) is 0 Å². The Bertz CT molecular complexity index is 550. The van der Waals surface area contributed by atoms with Gasteiger partial charge in [-0.25, -0.2) is 19.3 Å². The van der Waals surface area contributed by atoms with E-state index < -0.39 is 9.84 Å². The molecule has 112 valence electrons. The van der Waals surface area contributed by atoms with Crippen LogP contribution in [0, 0.1) is 5.92 Å². The predicted molar refractivity (Wildman–Crippen MR) is 80.9 cm³/mol. The largest absolute Gasteiger partial charge is 0.355 e. The zero-order chi connectivity index (χ0) is 15.2. The highest BCUT2D eigenvalue weighted by Crippen LogP contribution is 2.10. The van der Waals surface area contributed by atoms with E-state index in [0.717, 1.165) is 12.1 Å². The van der Waals surface area contributed by atoms with Crippen molar-refractivity contribution in [2.24, 2.45) is 16.8 Å². The van der Waals surface area contributed by atoms with E-state index in [2.05, 4.69) is 29.6 Å². The maximum absolute atomic E-state index is 11.3. The molecule has 7 heteroatoms. The van der Waals surface area contributed by atoms with Gasteiger partial charge in [0.15, 0.2) is 9.84 Å². The van der Waals surface area contributed by atoms with Gasteiger partial charge in [0.05, 0.1) is 11.4 Å². The van der Waals surface area contributed by atoms with Crippen LogP contribution >= 0.6 is 0 Å². The second-order valence-corrected chi connectivity index (χ2v) is 7.02. The molecule has 0 amide bonds. The van der Waals surface area contributed by atoms with E-state index in [9.17, 15) is 8.42 Å². The third-order valence-corrected chi connectivity index (χ3v) is 3.71. The number of rotatable bonds is 5. The molecule has 0 aliphatic heterocycles. The molecule has 1 aromatic rings. The van der Waals surface area contributed by atoms with Gasteiger partial charge in [-0.15, -0.1) is 0 Å². The second-order valence-electron chi connectivity index (χ2n) is 5.00. The van der Waals surface area contributed by atoms with E-state index in [1.54, 1.807) is 24.3 Å². The van der Waals surface area contributed by atoms with E-state index in [1.807, 2.05) is 0 Å². The molecule has 0 radical (unpaired) electrons. The zero-order valence-corrected chi connectivity index (χ0v) is 12.9. The predicted octanol–water partition coefficient (Wildman–Crippen LogP) is 0.655. The molecule has 0 aromatic heterocycles. The number of hydrogen-bond donors (Lipinski definition) is 3. The number of benzene rings is 1. The van der Waals surface area contributed by atoms with Gasteiger partial charge in [0.2, 0.25) is 5.96 Å². The molecule has 6 nitrogen and oxygen atoms in total. The highest BCUT2D eigenvalue weighted by Gasteiger charge is 2.06. The van der Waals surface area contributed by atoms with Crippen LogP contribution in [0.2, 0.25) is 0 Å². The van der Waals surface area contributed by atoms with Gasteiger partial charge in [-0.05, 0) is 23.6 Å². The van der Waals surface area contributed by atoms with Crippen LogP contribution in [-0.4, -0.2) is 27.2 Å². The second kappa shape index (κ2) is 7.25. The van der Waals surface area contributed by atoms with Crippen molar-refractivity contribution >= 4 is 15.8 Å². The summed E-state index contributed by atoms with van der Waals surface area (Å²) in [6, 6.07) is 6.65. The Kier molecular flexibility index (Phi) is 5.97. The highest BCUT2D eigenvalue weighted by molar-refractivity contribution is 7.90. The number of aliphatic imine (C=N–C) groups is 1. The summed E-state index contributed by atoms with van der Waals surface area (Å²) < 4.78 is 22.7. The number of nitrogens with zero attached hydrogens (tertiary/aromatic N) is 1. The minimum Gasteiger partial charge on any atom is -0.355 e. The van der Waals surface area contributed by atoms with Crippen molar-refractivity contribution in [3.05, 3.63) is 29.8 Å². The highest BCUT2D eigenvalue weighted by atomic mass is 32.2. The van der Waals surface area contributed by atoms with Crippen molar-refractivity contribution in [1.82, 2.24) is 10.7 Å². The molecular formula is C13H22N4O2S. The van der Waals surface area contributed by atoms with Crippen LogP contribution < -0.4 is 16.6 Å². The van der Waals surface area contributed by atoms with E-state index in [0.29, 0.717) is 23.3 Å². The Morgan fingerprint density at radius 1 is 1.30 bits per heavy atom. The third kappa shape index (κ3) is 5.58. The first-order chi connectivity index (χ1) is 9.32. The lowest BCUT2D eigenvalue weighted by atomic mass is 10.2. The van der Waals surface area contributed by atoms with Crippen LogP contribution in [0.15, 0.2) is 34.2 Å². The summed E-state index contributed by atoms with van der Waals surface area (Å²) in [7, 11) is -3.15. The molecule has 0 saturated carbocycles. The minimum atomic E-state index is -3.15. The fourth-order valence-electron chi connectivity index (χ4n) is 1.47. The van der Waals surface area contributed by atoms with Crippen molar-refractivity contribution in [3.63, 3.8) is 0 Å². The number of hydrazine groups is 1. The SMILES string of the molecule is CC(C)CNC(=NCc1ccc(S(C)(=O)=O)cc1)NN. The van der Waals surface area contributed by atoms with E-state index >= 15 is 0 Å². The summed E-state index contributed by atoms with van der Waals surface area (Å²) in [5, 5.41) is 3.09. The molecule has 0 saturated heterocycles. The van der Waals surface area contributed by atoms with E-state index in [1.165, 1.54) is 6.26 Å². The Labute approximate surface area is 120 Å². The quantitative estimate of drug-likeness (QED) is 0.321. The smallest absolute Gasteiger partial charge is 0.206 e. The number of sulfone groups is 1. The number of hydrogen-bond acceptors (Lipinski definition) is 4. The lowest BCUT2D eigenvalue weighted by Crippen LogP contribution is -2.42. The first kappa shape index (κ1) is 16.5. The Hall–Kier alpha value is -1.60. The average molecular weight is 298 g/mol. The summed E-state index contributed by atoms with van der Waals surface area (Å²) in [6.45, 7) is 5.38. The van der Waals surface area contributed by atoms with Gasteiger partial charge in [-0.1, -0.05) is 26.0 Å². The molecule has 0 atom stereocenters. The van der Waals surface area contributed by atoms with Gasteiger partial charge >= 0.3 is 0 Å². The van der Waals surface area contributed by atoms with Gasteiger partial charge in [0.25, 0.3) is 0 Å². The standard InChI is InChI=1S/C13H22N4O2S/c1-10(2)8-15-13(17-14)16-9-11-4-6-12(7-5-11)20(3,18)19/h4-7,10H,8-9,14H2,1-3H3,(H2,15,16,17). The summed E-state index contributed by atoms with van der Waals surface area (Å²) in [5.74, 6) is 6.39. The third-order valence-electron chi connectivity index (χ3n) is 2.59. The van der Waals surface area contributed by atoms with Crippen LogP contribution in [0.3, 0.4) is 0 Å². The van der Waals surface area contributed by atoms with Crippen molar-refractivity contribution in [2.75, 3.05) is 12.8 Å². The van der Waals surface area contributed by atoms with Gasteiger partial charge in [-0.3, -0.25) is 5.43 Å². The maximum atomic E-state index is 11.3. The van der Waals surface area contributed by atoms with E-state index in [-0.39, 0.29) is 0 Å². The number of nitrogens with one attached hydrogen (secondary N) is 2. The molecule has 4 N–H and O–H groups in total. The van der Waals surface area contributed by atoms with Crippen LogP contribution in [0.25, 0.3) is 0 Å². The molecule has 0 heterocycles. The molecule has 1 rings (SSSR count). The first-order valence-electron chi connectivity index (χ1n) is 6.37. The first-order valence-corrected chi connectivity index (χ1v) is 8.26. The minimum absolute atomic E-state index is 0.306.